The average Bonchev–Trinajstić information content (AvgIpc) is 2.97. The minimum atomic E-state index is -1.03. The van der Waals surface area contributed by atoms with E-state index in [0.29, 0.717) is 18.3 Å². The summed E-state index contributed by atoms with van der Waals surface area (Å²) in [7, 11) is 0. The van der Waals surface area contributed by atoms with Crippen molar-refractivity contribution in [1.82, 2.24) is 0 Å². The van der Waals surface area contributed by atoms with E-state index in [9.17, 15) is 9.90 Å². The average molecular weight is 281 g/mol. The highest BCUT2D eigenvalue weighted by atomic mass is 35.5. The number of carboxylic acid groups (broad SMARTS) is 1. The molecule has 0 amide bonds. The van der Waals surface area contributed by atoms with Gasteiger partial charge in [0, 0.05) is 0 Å². The number of benzene rings is 1. The van der Waals surface area contributed by atoms with Crippen LogP contribution >= 0.6 is 11.6 Å². The quantitative estimate of drug-likeness (QED) is 0.911. The molecule has 1 aromatic carbocycles. The minimum absolute atomic E-state index is 0.0762. The number of rotatable bonds is 4. The Bertz CT molecular complexity index is 500. The van der Waals surface area contributed by atoms with Gasteiger partial charge in [-0.3, -0.25) is 0 Å². The first-order valence-electron chi connectivity index (χ1n) is 6.79. The molecule has 3 rings (SSSR count). The fourth-order valence-corrected chi connectivity index (χ4v) is 3.86. The van der Waals surface area contributed by atoms with Crippen molar-refractivity contribution >= 4 is 17.6 Å². The molecule has 2 saturated carbocycles. The summed E-state index contributed by atoms with van der Waals surface area (Å²) in [6, 6.07) is 4.99. The Hall–Kier alpha value is -1.22. The lowest BCUT2D eigenvalue weighted by molar-refractivity contribution is 0.0690. The van der Waals surface area contributed by atoms with Crippen molar-refractivity contribution in [3.63, 3.8) is 0 Å². The minimum Gasteiger partial charge on any atom is -0.492 e. The molecule has 2 aliphatic rings. The van der Waals surface area contributed by atoms with Crippen molar-refractivity contribution in [3.05, 3.63) is 28.8 Å². The van der Waals surface area contributed by atoms with E-state index in [1.54, 1.807) is 18.2 Å². The van der Waals surface area contributed by atoms with Crippen LogP contribution in [-0.4, -0.2) is 17.7 Å². The molecule has 3 atom stereocenters. The first-order valence-corrected chi connectivity index (χ1v) is 7.17. The van der Waals surface area contributed by atoms with Gasteiger partial charge in [-0.2, -0.15) is 0 Å². The van der Waals surface area contributed by atoms with Gasteiger partial charge in [0.1, 0.15) is 11.3 Å². The first-order chi connectivity index (χ1) is 9.15. The monoisotopic (exact) mass is 280 g/mol. The molecule has 3 nitrogen and oxygen atoms in total. The predicted octanol–water partition coefficient (Wildman–Crippen LogP) is 3.85. The summed E-state index contributed by atoms with van der Waals surface area (Å²) in [6.45, 7) is 0.613. The number of aromatic carboxylic acids is 1. The fourth-order valence-electron chi connectivity index (χ4n) is 3.61. The van der Waals surface area contributed by atoms with E-state index >= 15 is 0 Å². The zero-order valence-electron chi connectivity index (χ0n) is 10.6. The molecule has 3 unspecified atom stereocenters. The number of carbonyl (C=O) groups is 1. The van der Waals surface area contributed by atoms with Crippen LogP contribution in [0, 0.1) is 17.8 Å². The molecular formula is C15H17ClO3. The van der Waals surface area contributed by atoms with E-state index in [1.807, 2.05) is 0 Å². The van der Waals surface area contributed by atoms with E-state index in [0.717, 1.165) is 11.8 Å². The van der Waals surface area contributed by atoms with Crippen LogP contribution in [0.5, 0.6) is 5.75 Å². The molecule has 4 heteroatoms. The van der Waals surface area contributed by atoms with Gasteiger partial charge in [-0.1, -0.05) is 24.1 Å². The lowest BCUT2D eigenvalue weighted by Crippen LogP contribution is -2.19. The molecular weight excluding hydrogens is 264 g/mol. The molecule has 2 bridgehead atoms. The number of carboxylic acids is 1. The van der Waals surface area contributed by atoms with Gasteiger partial charge in [0.2, 0.25) is 0 Å². The summed E-state index contributed by atoms with van der Waals surface area (Å²) < 4.78 is 5.75. The highest BCUT2D eigenvalue weighted by Gasteiger charge is 2.39. The standard InChI is InChI=1S/C15H17ClO3/c16-12-2-1-3-13(14(12)15(17)18)19-8-11-7-9-4-5-10(11)6-9/h1-3,9-11H,4-8H2,(H,17,18). The predicted molar refractivity (Wildman–Crippen MR) is 72.8 cm³/mol. The molecule has 0 aliphatic heterocycles. The summed E-state index contributed by atoms with van der Waals surface area (Å²) in [6.07, 6.45) is 5.22. The van der Waals surface area contributed by atoms with Gasteiger partial charge in [-0.15, -0.1) is 0 Å². The van der Waals surface area contributed by atoms with Gasteiger partial charge in [0.05, 0.1) is 11.6 Å². The van der Waals surface area contributed by atoms with Gasteiger partial charge >= 0.3 is 5.97 Å². The molecule has 102 valence electrons. The van der Waals surface area contributed by atoms with E-state index in [2.05, 4.69) is 0 Å². The zero-order chi connectivity index (χ0) is 13.4. The van der Waals surface area contributed by atoms with Gasteiger partial charge in [-0.05, 0) is 49.1 Å². The van der Waals surface area contributed by atoms with Crippen molar-refractivity contribution in [3.8, 4) is 5.75 Å². The Morgan fingerprint density at radius 1 is 1.37 bits per heavy atom. The maximum Gasteiger partial charge on any atom is 0.341 e. The summed E-state index contributed by atoms with van der Waals surface area (Å²) in [5, 5.41) is 9.41. The van der Waals surface area contributed by atoms with Crippen LogP contribution in [0.4, 0.5) is 0 Å². The largest absolute Gasteiger partial charge is 0.492 e. The summed E-state index contributed by atoms with van der Waals surface area (Å²) >= 11 is 5.92. The first kappa shape index (κ1) is 12.8. The number of hydrogen-bond acceptors (Lipinski definition) is 2. The van der Waals surface area contributed by atoms with E-state index in [-0.39, 0.29) is 10.6 Å². The second-order valence-electron chi connectivity index (χ2n) is 5.66. The maximum absolute atomic E-state index is 11.2. The van der Waals surface area contributed by atoms with Crippen LogP contribution in [-0.2, 0) is 0 Å². The molecule has 19 heavy (non-hydrogen) atoms. The zero-order valence-corrected chi connectivity index (χ0v) is 11.4. The second kappa shape index (κ2) is 5.04. The summed E-state index contributed by atoms with van der Waals surface area (Å²) in [5.74, 6) is 1.59. The van der Waals surface area contributed by atoms with Gasteiger partial charge in [0.25, 0.3) is 0 Å². The third kappa shape index (κ3) is 2.44. The van der Waals surface area contributed by atoms with Crippen molar-refractivity contribution in [1.29, 1.82) is 0 Å². The third-order valence-corrected chi connectivity index (χ3v) is 4.84. The molecule has 0 radical (unpaired) electrons. The van der Waals surface area contributed by atoms with E-state index < -0.39 is 5.97 Å². The van der Waals surface area contributed by atoms with Crippen LogP contribution < -0.4 is 4.74 Å². The Balaban J connectivity index is 1.70. The van der Waals surface area contributed by atoms with Gasteiger partial charge in [-0.25, -0.2) is 4.79 Å². The molecule has 0 saturated heterocycles. The van der Waals surface area contributed by atoms with Crippen molar-refractivity contribution in [2.24, 2.45) is 17.8 Å². The Morgan fingerprint density at radius 2 is 2.21 bits per heavy atom. The highest BCUT2D eigenvalue weighted by molar-refractivity contribution is 6.33. The molecule has 1 N–H and O–H groups in total. The number of hydrogen-bond donors (Lipinski definition) is 1. The molecule has 0 spiro atoms. The van der Waals surface area contributed by atoms with Crippen molar-refractivity contribution in [2.45, 2.75) is 25.7 Å². The lowest BCUT2D eigenvalue weighted by Gasteiger charge is -2.22. The van der Waals surface area contributed by atoms with Crippen LogP contribution in [0.1, 0.15) is 36.0 Å². The molecule has 2 fully saturated rings. The van der Waals surface area contributed by atoms with Crippen LogP contribution in [0.15, 0.2) is 18.2 Å². The normalized spacial score (nSPS) is 28.6. The smallest absolute Gasteiger partial charge is 0.341 e. The molecule has 0 heterocycles. The Labute approximate surface area is 117 Å². The Kier molecular flexibility index (Phi) is 3.40. The number of fused-ring (bicyclic) bond motifs is 2. The summed E-state index contributed by atoms with van der Waals surface area (Å²) in [5.41, 5.74) is 0.0762. The number of ether oxygens (including phenoxy) is 1. The second-order valence-corrected chi connectivity index (χ2v) is 6.07. The summed E-state index contributed by atoms with van der Waals surface area (Å²) in [4.78, 5) is 11.2. The third-order valence-electron chi connectivity index (χ3n) is 4.53. The maximum atomic E-state index is 11.2. The molecule has 1 aromatic rings. The van der Waals surface area contributed by atoms with Crippen LogP contribution in [0.2, 0.25) is 5.02 Å². The van der Waals surface area contributed by atoms with E-state index in [1.165, 1.54) is 25.7 Å². The lowest BCUT2D eigenvalue weighted by atomic mass is 9.89. The van der Waals surface area contributed by atoms with Crippen LogP contribution in [0.25, 0.3) is 0 Å². The topological polar surface area (TPSA) is 46.5 Å². The van der Waals surface area contributed by atoms with Crippen molar-refractivity contribution < 1.29 is 14.6 Å². The van der Waals surface area contributed by atoms with Gasteiger partial charge in [0.15, 0.2) is 0 Å². The van der Waals surface area contributed by atoms with E-state index in [4.69, 9.17) is 16.3 Å². The molecule has 2 aliphatic carbocycles. The fraction of sp³-hybridized carbons (Fsp3) is 0.533. The van der Waals surface area contributed by atoms with Gasteiger partial charge < -0.3 is 9.84 Å². The SMILES string of the molecule is O=C(O)c1c(Cl)cccc1OCC1CC2CCC1C2. The van der Waals surface area contributed by atoms with Crippen molar-refractivity contribution in [2.75, 3.05) is 6.61 Å². The highest BCUT2D eigenvalue weighted by Crippen LogP contribution is 2.48. The number of halogens is 1. The Morgan fingerprint density at radius 3 is 2.84 bits per heavy atom. The van der Waals surface area contributed by atoms with Crippen LogP contribution in [0.3, 0.4) is 0 Å². The molecule has 0 aromatic heterocycles.